The van der Waals surface area contributed by atoms with Crippen LogP contribution in [0, 0.1) is 13.8 Å². The lowest BCUT2D eigenvalue weighted by Crippen LogP contribution is -2.43. The minimum absolute atomic E-state index is 0.161. The molecule has 144 valence electrons. The Morgan fingerprint density at radius 1 is 1.11 bits per heavy atom. The van der Waals surface area contributed by atoms with Gasteiger partial charge < -0.3 is 10.1 Å². The number of anilines is 1. The molecule has 1 unspecified atom stereocenters. The van der Waals surface area contributed by atoms with Gasteiger partial charge in [0.1, 0.15) is 11.8 Å². The molecule has 1 heterocycles. The molecule has 7 heteroatoms. The van der Waals surface area contributed by atoms with E-state index in [0.717, 1.165) is 11.1 Å². The zero-order chi connectivity index (χ0) is 19.6. The summed E-state index contributed by atoms with van der Waals surface area (Å²) < 4.78 is 32.4. The molecule has 2 aromatic carbocycles. The Kier molecular flexibility index (Phi) is 5.53. The number of nitrogens with zero attached hydrogens (tertiary/aromatic N) is 1. The van der Waals surface area contributed by atoms with E-state index in [2.05, 4.69) is 5.32 Å². The van der Waals surface area contributed by atoms with Gasteiger partial charge in [-0.3, -0.25) is 4.79 Å². The van der Waals surface area contributed by atoms with E-state index in [1.54, 1.807) is 12.1 Å². The zero-order valence-electron chi connectivity index (χ0n) is 15.7. The molecular weight excluding hydrogens is 364 g/mol. The number of methoxy groups -OCH3 is 1. The minimum atomic E-state index is -3.75. The van der Waals surface area contributed by atoms with Crippen LogP contribution in [0.4, 0.5) is 5.69 Å². The molecule has 0 radical (unpaired) electrons. The molecule has 1 aliphatic rings. The maximum atomic E-state index is 13.0. The molecular formula is C20H24N2O4S. The molecule has 1 saturated heterocycles. The van der Waals surface area contributed by atoms with Crippen LogP contribution >= 0.6 is 0 Å². The summed E-state index contributed by atoms with van der Waals surface area (Å²) in [5.41, 5.74) is 2.77. The van der Waals surface area contributed by atoms with Gasteiger partial charge >= 0.3 is 0 Å². The molecule has 0 bridgehead atoms. The van der Waals surface area contributed by atoms with E-state index in [1.807, 2.05) is 32.0 Å². The van der Waals surface area contributed by atoms with E-state index in [4.69, 9.17) is 4.74 Å². The van der Waals surface area contributed by atoms with E-state index in [9.17, 15) is 13.2 Å². The number of benzene rings is 2. The van der Waals surface area contributed by atoms with Gasteiger partial charge in [0, 0.05) is 12.2 Å². The fourth-order valence-corrected chi connectivity index (χ4v) is 5.10. The second-order valence-electron chi connectivity index (χ2n) is 6.81. The van der Waals surface area contributed by atoms with Crippen LogP contribution in [0.15, 0.2) is 47.4 Å². The van der Waals surface area contributed by atoms with Crippen molar-refractivity contribution < 1.29 is 17.9 Å². The molecule has 6 nitrogen and oxygen atoms in total. The lowest BCUT2D eigenvalue weighted by molar-refractivity contribution is -0.119. The summed E-state index contributed by atoms with van der Waals surface area (Å²) in [7, 11) is -2.22. The van der Waals surface area contributed by atoms with Gasteiger partial charge in [-0.1, -0.05) is 6.07 Å². The van der Waals surface area contributed by atoms with Crippen molar-refractivity contribution in [3.63, 3.8) is 0 Å². The summed E-state index contributed by atoms with van der Waals surface area (Å²) in [5.74, 6) is 0.286. The average Bonchev–Trinajstić information content (AvgIpc) is 3.11. The number of amides is 1. The fourth-order valence-electron chi connectivity index (χ4n) is 3.45. The van der Waals surface area contributed by atoms with Gasteiger partial charge in [-0.15, -0.1) is 0 Å². The predicted molar refractivity (Wildman–Crippen MR) is 104 cm³/mol. The van der Waals surface area contributed by atoms with Gasteiger partial charge in [0.2, 0.25) is 15.9 Å². The Morgan fingerprint density at radius 3 is 2.33 bits per heavy atom. The Hall–Kier alpha value is -2.38. The van der Waals surface area contributed by atoms with Crippen LogP contribution in [0.2, 0.25) is 0 Å². The van der Waals surface area contributed by atoms with E-state index >= 15 is 0 Å². The highest BCUT2D eigenvalue weighted by Gasteiger charge is 2.39. The van der Waals surface area contributed by atoms with Crippen LogP contribution in [-0.2, 0) is 14.8 Å². The van der Waals surface area contributed by atoms with Crippen molar-refractivity contribution in [2.24, 2.45) is 0 Å². The van der Waals surface area contributed by atoms with Crippen LogP contribution < -0.4 is 10.1 Å². The van der Waals surface area contributed by atoms with Crippen LogP contribution in [0.25, 0.3) is 0 Å². The highest BCUT2D eigenvalue weighted by Crippen LogP contribution is 2.28. The van der Waals surface area contributed by atoms with Crippen LogP contribution in [0.1, 0.15) is 24.0 Å². The van der Waals surface area contributed by atoms with Crippen molar-refractivity contribution in [2.75, 3.05) is 19.0 Å². The third kappa shape index (κ3) is 4.14. The molecule has 0 spiro atoms. The maximum absolute atomic E-state index is 13.0. The average molecular weight is 388 g/mol. The first-order valence-corrected chi connectivity index (χ1v) is 10.3. The molecule has 0 saturated carbocycles. The van der Waals surface area contributed by atoms with Gasteiger partial charge in [0.25, 0.3) is 0 Å². The number of hydrogen-bond acceptors (Lipinski definition) is 4. The molecule has 3 rings (SSSR count). The van der Waals surface area contributed by atoms with Crippen molar-refractivity contribution in [3.05, 3.63) is 53.6 Å². The zero-order valence-corrected chi connectivity index (χ0v) is 16.5. The summed E-state index contributed by atoms with van der Waals surface area (Å²) >= 11 is 0. The van der Waals surface area contributed by atoms with Crippen molar-refractivity contribution in [1.82, 2.24) is 4.31 Å². The van der Waals surface area contributed by atoms with Gasteiger partial charge in [0.15, 0.2) is 0 Å². The van der Waals surface area contributed by atoms with Crippen molar-refractivity contribution in [1.29, 1.82) is 0 Å². The number of sulfonamides is 1. The van der Waals surface area contributed by atoms with Gasteiger partial charge in [-0.05, 0) is 74.2 Å². The highest BCUT2D eigenvalue weighted by molar-refractivity contribution is 7.89. The van der Waals surface area contributed by atoms with Crippen molar-refractivity contribution in [3.8, 4) is 5.75 Å². The van der Waals surface area contributed by atoms with Gasteiger partial charge in [-0.2, -0.15) is 4.31 Å². The Bertz CT molecular complexity index is 919. The normalized spacial score (nSPS) is 17.7. The van der Waals surface area contributed by atoms with E-state index < -0.39 is 16.1 Å². The first-order valence-electron chi connectivity index (χ1n) is 8.86. The second kappa shape index (κ2) is 7.70. The van der Waals surface area contributed by atoms with E-state index in [1.165, 1.54) is 23.5 Å². The number of nitrogens with one attached hydrogen (secondary N) is 1. The summed E-state index contributed by atoms with van der Waals surface area (Å²) in [6, 6.07) is 11.3. The van der Waals surface area contributed by atoms with Gasteiger partial charge in [0.05, 0.1) is 12.0 Å². The summed E-state index contributed by atoms with van der Waals surface area (Å²) in [6.45, 7) is 4.25. The standard InChI is InChI=1S/C20H24N2O4S/c1-14-11-15(2)13-16(12-14)21-20(23)19-5-4-10-22(19)27(24,25)18-8-6-17(26-3)7-9-18/h6-9,11-13,19H,4-5,10H2,1-3H3,(H,21,23). The number of carbonyl (C=O) groups excluding carboxylic acids is 1. The molecule has 1 fully saturated rings. The van der Waals surface area contributed by atoms with Crippen LogP contribution in [-0.4, -0.2) is 38.3 Å². The molecule has 27 heavy (non-hydrogen) atoms. The number of ether oxygens (including phenoxy) is 1. The van der Waals surface area contributed by atoms with Crippen LogP contribution in [0.5, 0.6) is 5.75 Å². The van der Waals surface area contributed by atoms with Crippen LogP contribution in [0.3, 0.4) is 0 Å². The Labute approximate surface area is 160 Å². The quantitative estimate of drug-likeness (QED) is 0.854. The molecule has 0 aliphatic carbocycles. The largest absolute Gasteiger partial charge is 0.497 e. The Morgan fingerprint density at radius 2 is 1.74 bits per heavy atom. The topological polar surface area (TPSA) is 75.7 Å². The monoisotopic (exact) mass is 388 g/mol. The summed E-state index contributed by atoms with van der Waals surface area (Å²) in [6.07, 6.45) is 1.16. The number of rotatable bonds is 5. The van der Waals surface area contributed by atoms with Crippen molar-refractivity contribution in [2.45, 2.75) is 37.6 Å². The first-order chi connectivity index (χ1) is 12.8. The molecule has 2 aromatic rings. The first kappa shape index (κ1) is 19.4. The summed E-state index contributed by atoms with van der Waals surface area (Å²) in [4.78, 5) is 13.0. The smallest absolute Gasteiger partial charge is 0.243 e. The summed E-state index contributed by atoms with van der Waals surface area (Å²) in [5, 5.41) is 2.87. The molecule has 1 aliphatic heterocycles. The van der Waals surface area contributed by atoms with Gasteiger partial charge in [-0.25, -0.2) is 8.42 Å². The Balaban J connectivity index is 1.82. The fraction of sp³-hybridized carbons (Fsp3) is 0.350. The predicted octanol–water partition coefficient (Wildman–Crippen LogP) is 3.10. The number of hydrogen-bond donors (Lipinski definition) is 1. The third-order valence-electron chi connectivity index (χ3n) is 4.66. The number of carbonyl (C=O) groups is 1. The molecule has 0 aromatic heterocycles. The maximum Gasteiger partial charge on any atom is 0.243 e. The third-order valence-corrected chi connectivity index (χ3v) is 6.58. The van der Waals surface area contributed by atoms with E-state index in [-0.39, 0.29) is 10.8 Å². The lowest BCUT2D eigenvalue weighted by Gasteiger charge is -2.23. The second-order valence-corrected chi connectivity index (χ2v) is 8.71. The van der Waals surface area contributed by atoms with E-state index in [0.29, 0.717) is 30.8 Å². The lowest BCUT2D eigenvalue weighted by atomic mass is 10.1. The highest BCUT2D eigenvalue weighted by atomic mass is 32.2. The molecule has 1 atom stereocenters. The SMILES string of the molecule is COc1ccc(S(=O)(=O)N2CCCC2C(=O)Nc2cc(C)cc(C)c2)cc1. The van der Waals surface area contributed by atoms with Crippen molar-refractivity contribution >= 4 is 21.6 Å². The molecule has 1 N–H and O–H groups in total. The number of aryl methyl sites for hydroxylation is 2. The minimum Gasteiger partial charge on any atom is -0.497 e. The molecule has 1 amide bonds.